The zero-order valence-electron chi connectivity index (χ0n) is 6.06. The van der Waals surface area contributed by atoms with Gasteiger partial charge in [0.05, 0.1) is 5.69 Å². The summed E-state index contributed by atoms with van der Waals surface area (Å²) in [6.45, 7) is 0. The van der Waals surface area contributed by atoms with E-state index < -0.39 is 10.0 Å². The highest BCUT2D eigenvalue weighted by Gasteiger charge is 2.11. The van der Waals surface area contributed by atoms with E-state index in [4.69, 9.17) is 10.3 Å². The van der Waals surface area contributed by atoms with Crippen LogP contribution in [-0.2, 0) is 10.0 Å². The van der Waals surface area contributed by atoms with Crippen molar-refractivity contribution < 1.29 is 13.6 Å². The number of rotatable bonds is 2. The third-order valence-electron chi connectivity index (χ3n) is 1.31. The summed E-state index contributed by atoms with van der Waals surface area (Å²) in [5.41, 5.74) is 1.81. The molecule has 1 aromatic carbocycles. The van der Waals surface area contributed by atoms with Gasteiger partial charge in [-0.05, 0) is 12.1 Å². The maximum absolute atomic E-state index is 10.8. The van der Waals surface area contributed by atoms with E-state index in [1.807, 2.05) is 0 Å². The van der Waals surface area contributed by atoms with Crippen molar-refractivity contribution in [3.05, 3.63) is 24.3 Å². The van der Waals surface area contributed by atoms with E-state index >= 15 is 0 Å². The van der Waals surface area contributed by atoms with Gasteiger partial charge in [0.2, 0.25) is 10.0 Å². The van der Waals surface area contributed by atoms with Gasteiger partial charge in [0, 0.05) is 0 Å². The first-order valence-corrected chi connectivity index (χ1v) is 4.62. The maximum Gasteiger partial charge on any atom is 0.240 e. The lowest BCUT2D eigenvalue weighted by atomic mass is 10.3. The molecule has 5 nitrogen and oxygen atoms in total. The van der Waals surface area contributed by atoms with E-state index in [1.165, 1.54) is 18.2 Å². The van der Waals surface area contributed by atoms with Crippen LogP contribution in [0.3, 0.4) is 0 Å². The third kappa shape index (κ3) is 1.73. The number of nitrogens with two attached hydrogens (primary N) is 1. The molecule has 0 aliphatic rings. The van der Waals surface area contributed by atoms with Crippen molar-refractivity contribution in [1.29, 1.82) is 0 Å². The lowest BCUT2D eigenvalue weighted by Gasteiger charge is -2.03. The van der Waals surface area contributed by atoms with Crippen molar-refractivity contribution in [2.75, 3.05) is 5.48 Å². The molecule has 0 aromatic heterocycles. The Kier molecular flexibility index (Phi) is 2.32. The molecule has 0 heterocycles. The van der Waals surface area contributed by atoms with Crippen molar-refractivity contribution in [3.63, 3.8) is 0 Å². The van der Waals surface area contributed by atoms with Crippen LogP contribution in [-0.4, -0.2) is 13.6 Å². The van der Waals surface area contributed by atoms with Gasteiger partial charge >= 0.3 is 0 Å². The standard InChI is InChI=1S/C6H8N2O3S/c7-12(10,11)6-4-2-1-3-5(6)8-9/h1-4,8-9H,(H2,7,10,11). The minimum atomic E-state index is -3.77. The molecular weight excluding hydrogens is 180 g/mol. The van der Waals surface area contributed by atoms with Crippen LogP contribution in [0.15, 0.2) is 29.2 Å². The molecule has 1 rings (SSSR count). The molecule has 0 bridgehead atoms. The number of hydrogen-bond acceptors (Lipinski definition) is 4. The smallest absolute Gasteiger partial charge is 0.240 e. The Morgan fingerprint density at radius 3 is 2.33 bits per heavy atom. The van der Waals surface area contributed by atoms with E-state index in [-0.39, 0.29) is 10.6 Å². The lowest BCUT2D eigenvalue weighted by Crippen LogP contribution is -2.14. The number of nitrogens with one attached hydrogen (secondary N) is 1. The molecule has 0 aliphatic heterocycles. The van der Waals surface area contributed by atoms with Crippen LogP contribution in [0.4, 0.5) is 5.69 Å². The summed E-state index contributed by atoms with van der Waals surface area (Å²) in [5.74, 6) is 0. The van der Waals surface area contributed by atoms with E-state index in [2.05, 4.69) is 0 Å². The summed E-state index contributed by atoms with van der Waals surface area (Å²) in [4.78, 5) is -0.132. The topological polar surface area (TPSA) is 92.4 Å². The van der Waals surface area contributed by atoms with Crippen LogP contribution < -0.4 is 10.6 Å². The quantitative estimate of drug-likeness (QED) is 0.575. The fourth-order valence-electron chi connectivity index (χ4n) is 0.807. The summed E-state index contributed by atoms with van der Waals surface area (Å²) < 4.78 is 21.7. The average Bonchev–Trinajstić information content (AvgIpc) is 2.03. The fourth-order valence-corrected chi connectivity index (χ4v) is 1.50. The summed E-state index contributed by atoms with van der Waals surface area (Å²) >= 11 is 0. The van der Waals surface area contributed by atoms with Gasteiger partial charge in [-0.25, -0.2) is 13.6 Å². The predicted octanol–water partition coefficient (Wildman–Crippen LogP) is 0.135. The van der Waals surface area contributed by atoms with Gasteiger partial charge in [0.15, 0.2) is 0 Å². The lowest BCUT2D eigenvalue weighted by molar-refractivity contribution is 0.387. The van der Waals surface area contributed by atoms with Crippen LogP contribution in [0.2, 0.25) is 0 Å². The van der Waals surface area contributed by atoms with E-state index in [0.29, 0.717) is 0 Å². The molecular formula is C6H8N2O3S. The van der Waals surface area contributed by atoms with Crippen molar-refractivity contribution in [3.8, 4) is 0 Å². The Balaban J connectivity index is 3.33. The third-order valence-corrected chi connectivity index (χ3v) is 2.28. The molecule has 0 saturated heterocycles. The van der Waals surface area contributed by atoms with Gasteiger partial charge in [-0.2, -0.15) is 0 Å². The van der Waals surface area contributed by atoms with Gasteiger partial charge in [-0.15, -0.1) is 0 Å². The number of hydrogen-bond donors (Lipinski definition) is 3. The predicted molar refractivity (Wildman–Crippen MR) is 43.2 cm³/mol. The molecule has 0 aliphatic carbocycles. The minimum Gasteiger partial charge on any atom is -0.291 e. The van der Waals surface area contributed by atoms with Crippen LogP contribution in [0, 0.1) is 0 Å². The molecule has 0 fully saturated rings. The van der Waals surface area contributed by atoms with Crippen LogP contribution >= 0.6 is 0 Å². The monoisotopic (exact) mass is 188 g/mol. The Bertz CT molecular complexity index is 374. The van der Waals surface area contributed by atoms with Crippen molar-refractivity contribution in [2.24, 2.45) is 5.14 Å². The normalized spacial score (nSPS) is 11.2. The number of sulfonamides is 1. The van der Waals surface area contributed by atoms with E-state index in [1.54, 1.807) is 11.5 Å². The molecule has 0 spiro atoms. The first kappa shape index (κ1) is 8.98. The molecule has 0 amide bonds. The number of benzene rings is 1. The van der Waals surface area contributed by atoms with Crippen LogP contribution in [0.1, 0.15) is 0 Å². The van der Waals surface area contributed by atoms with Crippen molar-refractivity contribution in [2.45, 2.75) is 4.90 Å². The first-order valence-electron chi connectivity index (χ1n) is 3.07. The number of para-hydroxylation sites is 1. The van der Waals surface area contributed by atoms with Crippen molar-refractivity contribution >= 4 is 15.7 Å². The van der Waals surface area contributed by atoms with E-state index in [9.17, 15) is 8.42 Å². The average molecular weight is 188 g/mol. The Hall–Kier alpha value is -1.11. The second-order valence-electron chi connectivity index (χ2n) is 2.15. The van der Waals surface area contributed by atoms with Gasteiger partial charge in [0.25, 0.3) is 0 Å². The highest BCUT2D eigenvalue weighted by molar-refractivity contribution is 7.89. The molecule has 4 N–H and O–H groups in total. The summed E-state index contributed by atoms with van der Waals surface area (Å²) in [6.07, 6.45) is 0. The fraction of sp³-hybridized carbons (Fsp3) is 0. The molecule has 0 saturated carbocycles. The molecule has 0 radical (unpaired) electrons. The highest BCUT2D eigenvalue weighted by Crippen LogP contribution is 2.17. The van der Waals surface area contributed by atoms with Crippen molar-refractivity contribution in [1.82, 2.24) is 0 Å². The molecule has 0 unspecified atom stereocenters. The van der Waals surface area contributed by atoms with Crippen LogP contribution in [0.25, 0.3) is 0 Å². The van der Waals surface area contributed by atoms with Gasteiger partial charge in [-0.3, -0.25) is 10.7 Å². The summed E-state index contributed by atoms with van der Waals surface area (Å²) in [6, 6.07) is 5.79. The highest BCUT2D eigenvalue weighted by atomic mass is 32.2. The van der Waals surface area contributed by atoms with Gasteiger partial charge in [-0.1, -0.05) is 12.1 Å². The SMILES string of the molecule is NS(=O)(=O)c1ccccc1NO. The molecule has 1 aromatic rings. The van der Waals surface area contributed by atoms with Gasteiger partial charge < -0.3 is 0 Å². The second kappa shape index (κ2) is 3.10. The summed E-state index contributed by atoms with van der Waals surface area (Å²) in [7, 11) is -3.77. The van der Waals surface area contributed by atoms with Gasteiger partial charge in [0.1, 0.15) is 4.90 Å². The number of anilines is 1. The minimum absolute atomic E-state index is 0.0694. The summed E-state index contributed by atoms with van der Waals surface area (Å²) in [5, 5.41) is 13.4. The Morgan fingerprint density at radius 2 is 1.92 bits per heavy atom. The Labute approximate surface area is 69.8 Å². The van der Waals surface area contributed by atoms with Crippen LogP contribution in [0.5, 0.6) is 0 Å². The molecule has 66 valence electrons. The number of primary sulfonamides is 1. The zero-order chi connectivity index (χ0) is 9.19. The maximum atomic E-state index is 10.8. The zero-order valence-corrected chi connectivity index (χ0v) is 6.88. The molecule has 12 heavy (non-hydrogen) atoms. The Morgan fingerprint density at radius 1 is 1.33 bits per heavy atom. The molecule has 0 atom stereocenters. The second-order valence-corrected chi connectivity index (χ2v) is 3.68. The first-order chi connectivity index (χ1) is 5.55. The molecule has 6 heteroatoms. The van der Waals surface area contributed by atoms with E-state index in [0.717, 1.165) is 0 Å². The largest absolute Gasteiger partial charge is 0.291 e.